The van der Waals surface area contributed by atoms with Gasteiger partial charge in [-0.25, -0.2) is 0 Å². The monoisotopic (exact) mass is 370 g/mol. The van der Waals surface area contributed by atoms with Crippen molar-refractivity contribution in [2.75, 3.05) is 19.6 Å². The summed E-state index contributed by atoms with van der Waals surface area (Å²) in [6.07, 6.45) is 10.2. The standard InChI is InChI=1S/C23H34N2O2/c1-5-25(6-2)21(27)19-8-7-17-16-14-24-20-13-15(26)9-11-23(20,4)18(16)10-12-22(17,19)3/h9,11,13,16-19,24H,5-8,10,12,14H2,1-4H3/t16?,17?,18?,19-,22+,23-/m1/s1. The highest BCUT2D eigenvalue weighted by molar-refractivity contribution is 6.01. The van der Waals surface area contributed by atoms with E-state index in [2.05, 4.69) is 39.1 Å². The average molecular weight is 371 g/mol. The van der Waals surface area contributed by atoms with Crippen LogP contribution in [0.25, 0.3) is 0 Å². The van der Waals surface area contributed by atoms with Crippen LogP contribution in [0.1, 0.15) is 53.4 Å². The van der Waals surface area contributed by atoms with Crippen LogP contribution in [-0.4, -0.2) is 36.2 Å². The van der Waals surface area contributed by atoms with Crippen LogP contribution in [0.5, 0.6) is 0 Å². The zero-order valence-electron chi connectivity index (χ0n) is 17.3. The van der Waals surface area contributed by atoms with Gasteiger partial charge in [0.2, 0.25) is 5.91 Å². The molecule has 3 unspecified atom stereocenters. The number of hydrogen-bond donors (Lipinski definition) is 1. The maximum atomic E-state index is 13.2. The van der Waals surface area contributed by atoms with Crippen molar-refractivity contribution < 1.29 is 9.59 Å². The van der Waals surface area contributed by atoms with E-state index in [0.29, 0.717) is 23.7 Å². The summed E-state index contributed by atoms with van der Waals surface area (Å²) in [4.78, 5) is 27.1. The van der Waals surface area contributed by atoms with E-state index in [1.807, 2.05) is 4.90 Å². The Morgan fingerprint density at radius 1 is 1.19 bits per heavy atom. The number of amides is 1. The van der Waals surface area contributed by atoms with Crippen molar-refractivity contribution in [2.45, 2.75) is 53.4 Å². The number of fused-ring (bicyclic) bond motifs is 5. The molecule has 4 heteroatoms. The van der Waals surface area contributed by atoms with E-state index >= 15 is 0 Å². The highest BCUT2D eigenvalue weighted by Crippen LogP contribution is 2.63. The van der Waals surface area contributed by atoms with Gasteiger partial charge in [0, 0.05) is 42.7 Å². The van der Waals surface area contributed by atoms with Gasteiger partial charge >= 0.3 is 0 Å². The first-order chi connectivity index (χ1) is 12.8. The molecule has 1 amide bonds. The number of hydrogen-bond acceptors (Lipinski definition) is 3. The van der Waals surface area contributed by atoms with Gasteiger partial charge in [0.15, 0.2) is 5.78 Å². The van der Waals surface area contributed by atoms with Crippen molar-refractivity contribution in [3.05, 3.63) is 23.9 Å². The topological polar surface area (TPSA) is 49.4 Å². The van der Waals surface area contributed by atoms with E-state index in [4.69, 9.17) is 0 Å². The molecule has 6 atom stereocenters. The molecule has 27 heavy (non-hydrogen) atoms. The van der Waals surface area contributed by atoms with Crippen molar-refractivity contribution >= 4 is 11.7 Å². The largest absolute Gasteiger partial charge is 0.387 e. The molecule has 3 aliphatic carbocycles. The lowest BCUT2D eigenvalue weighted by atomic mass is 9.50. The third-order valence-electron chi connectivity index (χ3n) is 8.57. The molecule has 1 saturated heterocycles. The highest BCUT2D eigenvalue weighted by atomic mass is 16.2. The Bertz CT molecular complexity index is 707. The Labute approximate surface area is 163 Å². The van der Waals surface area contributed by atoms with Gasteiger partial charge in [0.25, 0.3) is 0 Å². The zero-order valence-corrected chi connectivity index (χ0v) is 17.3. The van der Waals surface area contributed by atoms with E-state index in [1.165, 1.54) is 0 Å². The molecule has 1 aliphatic heterocycles. The van der Waals surface area contributed by atoms with E-state index in [0.717, 1.165) is 51.0 Å². The van der Waals surface area contributed by atoms with Crippen LogP contribution >= 0.6 is 0 Å². The van der Waals surface area contributed by atoms with Crippen molar-refractivity contribution in [3.63, 3.8) is 0 Å². The molecule has 2 saturated carbocycles. The second kappa shape index (κ2) is 6.49. The minimum absolute atomic E-state index is 0.0564. The number of allylic oxidation sites excluding steroid dienone is 3. The van der Waals surface area contributed by atoms with Gasteiger partial charge in [0.1, 0.15) is 0 Å². The summed E-state index contributed by atoms with van der Waals surface area (Å²) in [5.74, 6) is 2.39. The van der Waals surface area contributed by atoms with Crippen molar-refractivity contribution in [1.29, 1.82) is 0 Å². The van der Waals surface area contributed by atoms with E-state index in [-0.39, 0.29) is 22.5 Å². The van der Waals surface area contributed by atoms with Gasteiger partial charge in [-0.15, -0.1) is 0 Å². The molecule has 0 aromatic heterocycles. The van der Waals surface area contributed by atoms with Crippen molar-refractivity contribution in [2.24, 2.45) is 34.5 Å². The SMILES string of the molecule is CCN(CC)C(=O)[C@H]1CCC2C3CNC4=CC(=O)C=C[C@]4(C)C3CC[C@@]21C. The summed E-state index contributed by atoms with van der Waals surface area (Å²) in [6.45, 7) is 11.4. The molecule has 4 rings (SSSR count). The Balaban J connectivity index is 1.61. The number of nitrogens with one attached hydrogen (secondary N) is 1. The van der Waals surface area contributed by atoms with E-state index in [9.17, 15) is 9.59 Å². The number of carbonyl (C=O) groups excluding carboxylic acids is 2. The minimum Gasteiger partial charge on any atom is -0.387 e. The van der Waals surface area contributed by atoms with Crippen LogP contribution in [0.15, 0.2) is 23.9 Å². The highest BCUT2D eigenvalue weighted by Gasteiger charge is 2.60. The smallest absolute Gasteiger partial charge is 0.226 e. The molecule has 0 bridgehead atoms. The molecule has 1 N–H and O–H groups in total. The molecule has 0 spiro atoms. The van der Waals surface area contributed by atoms with Crippen molar-refractivity contribution in [3.8, 4) is 0 Å². The van der Waals surface area contributed by atoms with E-state index < -0.39 is 0 Å². The maximum Gasteiger partial charge on any atom is 0.226 e. The Morgan fingerprint density at radius 3 is 2.63 bits per heavy atom. The third kappa shape index (κ3) is 2.62. The molecule has 4 aliphatic rings. The Hall–Kier alpha value is -1.58. The predicted octanol–water partition coefficient (Wildman–Crippen LogP) is 3.55. The first kappa shape index (κ1) is 18.8. The summed E-state index contributed by atoms with van der Waals surface area (Å²) in [6, 6.07) is 0. The number of nitrogens with zero attached hydrogens (tertiary/aromatic N) is 1. The lowest BCUT2D eigenvalue weighted by Gasteiger charge is -2.57. The fourth-order valence-corrected chi connectivity index (χ4v) is 6.96. The van der Waals surface area contributed by atoms with Crippen LogP contribution in [0.2, 0.25) is 0 Å². The zero-order chi connectivity index (χ0) is 19.4. The molecule has 0 aromatic rings. The molecular weight excluding hydrogens is 336 g/mol. The lowest BCUT2D eigenvalue weighted by molar-refractivity contribution is -0.141. The fraction of sp³-hybridized carbons (Fsp3) is 0.739. The van der Waals surface area contributed by atoms with Crippen LogP contribution in [0.3, 0.4) is 0 Å². The van der Waals surface area contributed by atoms with Crippen LogP contribution < -0.4 is 5.32 Å². The predicted molar refractivity (Wildman–Crippen MR) is 107 cm³/mol. The molecule has 3 fully saturated rings. The first-order valence-corrected chi connectivity index (χ1v) is 10.8. The van der Waals surface area contributed by atoms with Crippen LogP contribution in [-0.2, 0) is 9.59 Å². The van der Waals surface area contributed by atoms with Crippen LogP contribution in [0.4, 0.5) is 0 Å². The summed E-state index contributed by atoms with van der Waals surface area (Å²) in [5.41, 5.74) is 1.17. The van der Waals surface area contributed by atoms with Crippen LogP contribution in [0, 0.1) is 34.5 Å². The van der Waals surface area contributed by atoms with Gasteiger partial charge in [-0.3, -0.25) is 9.59 Å². The van der Waals surface area contributed by atoms with Gasteiger partial charge < -0.3 is 10.2 Å². The molecule has 1 heterocycles. The lowest BCUT2D eigenvalue weighted by Crippen LogP contribution is -2.56. The number of rotatable bonds is 3. The maximum absolute atomic E-state index is 13.2. The summed E-state index contributed by atoms with van der Waals surface area (Å²) < 4.78 is 0. The normalized spacial score (nSPS) is 42.5. The second-order valence-electron chi connectivity index (χ2n) is 9.52. The molecular formula is C23H34N2O2. The molecule has 148 valence electrons. The summed E-state index contributed by atoms with van der Waals surface area (Å²) in [5, 5.41) is 3.60. The number of carbonyl (C=O) groups is 2. The number of ketones is 1. The third-order valence-corrected chi connectivity index (χ3v) is 8.57. The minimum atomic E-state index is -0.0564. The van der Waals surface area contributed by atoms with Gasteiger partial charge in [-0.05, 0) is 68.8 Å². The number of piperidine rings is 1. The molecule has 0 aromatic carbocycles. The molecule has 4 nitrogen and oxygen atoms in total. The average Bonchev–Trinajstić information content (AvgIpc) is 3.00. The van der Waals surface area contributed by atoms with Gasteiger partial charge in [-0.2, -0.15) is 0 Å². The Kier molecular flexibility index (Phi) is 4.51. The Morgan fingerprint density at radius 2 is 1.93 bits per heavy atom. The summed E-state index contributed by atoms with van der Waals surface area (Å²) in [7, 11) is 0. The van der Waals surface area contributed by atoms with Crippen molar-refractivity contribution in [1.82, 2.24) is 10.2 Å². The van der Waals surface area contributed by atoms with E-state index in [1.54, 1.807) is 12.2 Å². The fourth-order valence-electron chi connectivity index (χ4n) is 6.96. The second-order valence-corrected chi connectivity index (χ2v) is 9.52. The summed E-state index contributed by atoms with van der Waals surface area (Å²) >= 11 is 0. The van der Waals surface area contributed by atoms with Gasteiger partial charge in [0.05, 0.1) is 0 Å². The van der Waals surface area contributed by atoms with Gasteiger partial charge in [-0.1, -0.05) is 19.9 Å². The quantitative estimate of drug-likeness (QED) is 0.827. The molecule has 0 radical (unpaired) electrons. The first-order valence-electron chi connectivity index (χ1n) is 10.8.